The van der Waals surface area contributed by atoms with Gasteiger partial charge in [0.05, 0.1) is 25.3 Å². The number of anilines is 2. The largest absolute Gasteiger partial charge is 0.462 e. The van der Waals surface area contributed by atoms with E-state index >= 15 is 0 Å². The van der Waals surface area contributed by atoms with Crippen LogP contribution in [-0.4, -0.2) is 51.3 Å². The fourth-order valence-electron chi connectivity index (χ4n) is 2.67. The molecule has 0 saturated heterocycles. The van der Waals surface area contributed by atoms with Crippen LogP contribution in [-0.2, 0) is 19.0 Å². The Hall–Kier alpha value is -2.62. The summed E-state index contributed by atoms with van der Waals surface area (Å²) in [6.07, 6.45) is 0. The maximum absolute atomic E-state index is 12.5. The minimum absolute atomic E-state index is 0.0615. The minimum Gasteiger partial charge on any atom is -0.462 e. The van der Waals surface area contributed by atoms with E-state index in [1.165, 1.54) is 7.11 Å². The Labute approximate surface area is 189 Å². The summed E-state index contributed by atoms with van der Waals surface area (Å²) in [5.74, 6) is -1.62. The molecule has 0 fully saturated rings. The number of methoxy groups -OCH3 is 1. The summed E-state index contributed by atoms with van der Waals surface area (Å²) < 4.78 is 15.1. The highest BCUT2D eigenvalue weighted by Gasteiger charge is 2.27. The SMILES string of the molecule is CCOC(=O)c1c(NC(=O)CNc2cccc(Cl)c2C)sc(C(=O)OCCOC)c1C. The third kappa shape index (κ3) is 6.43. The number of carbonyl (C=O) groups excluding carboxylic acids is 3. The highest BCUT2D eigenvalue weighted by Crippen LogP contribution is 2.34. The van der Waals surface area contributed by atoms with Crippen LogP contribution in [0.5, 0.6) is 0 Å². The van der Waals surface area contributed by atoms with Gasteiger partial charge in [-0.25, -0.2) is 9.59 Å². The first-order valence-corrected chi connectivity index (χ1v) is 10.7. The maximum atomic E-state index is 12.5. The Balaban J connectivity index is 2.19. The normalized spacial score (nSPS) is 10.5. The van der Waals surface area contributed by atoms with E-state index in [0.29, 0.717) is 10.6 Å². The molecule has 0 atom stereocenters. The zero-order valence-corrected chi connectivity index (χ0v) is 19.4. The Kier molecular flexibility index (Phi) is 9.29. The van der Waals surface area contributed by atoms with Crippen molar-refractivity contribution in [2.75, 3.05) is 44.1 Å². The molecule has 0 aliphatic carbocycles. The molecule has 10 heteroatoms. The summed E-state index contributed by atoms with van der Waals surface area (Å²) in [6, 6.07) is 5.34. The Morgan fingerprint density at radius 3 is 2.48 bits per heavy atom. The van der Waals surface area contributed by atoms with E-state index in [1.807, 2.05) is 13.0 Å². The maximum Gasteiger partial charge on any atom is 0.348 e. The van der Waals surface area contributed by atoms with Crippen LogP contribution in [0.3, 0.4) is 0 Å². The molecule has 0 aliphatic heterocycles. The van der Waals surface area contributed by atoms with Gasteiger partial charge in [-0.05, 0) is 44.0 Å². The van der Waals surface area contributed by atoms with E-state index in [9.17, 15) is 14.4 Å². The van der Waals surface area contributed by atoms with E-state index in [-0.39, 0.29) is 41.8 Å². The summed E-state index contributed by atoms with van der Waals surface area (Å²) in [5, 5.41) is 6.51. The van der Waals surface area contributed by atoms with E-state index in [0.717, 1.165) is 22.6 Å². The molecule has 0 bridgehead atoms. The smallest absolute Gasteiger partial charge is 0.348 e. The quantitative estimate of drug-likeness (QED) is 0.400. The second kappa shape index (κ2) is 11.7. The van der Waals surface area contributed by atoms with Gasteiger partial charge in [0.2, 0.25) is 5.91 Å². The molecule has 2 N–H and O–H groups in total. The first kappa shape index (κ1) is 24.6. The van der Waals surface area contributed by atoms with Gasteiger partial charge in [0.1, 0.15) is 16.5 Å². The van der Waals surface area contributed by atoms with Crippen molar-refractivity contribution >= 4 is 51.5 Å². The van der Waals surface area contributed by atoms with Crippen LogP contribution in [0.2, 0.25) is 5.02 Å². The first-order valence-electron chi connectivity index (χ1n) is 9.55. The molecule has 0 radical (unpaired) electrons. The van der Waals surface area contributed by atoms with Crippen molar-refractivity contribution in [3.05, 3.63) is 44.8 Å². The molecule has 31 heavy (non-hydrogen) atoms. The minimum atomic E-state index is -0.624. The number of carbonyl (C=O) groups is 3. The van der Waals surface area contributed by atoms with Crippen LogP contribution in [0.1, 0.15) is 38.1 Å². The molecule has 0 aliphatic rings. The topological polar surface area (TPSA) is 103 Å². The summed E-state index contributed by atoms with van der Waals surface area (Å²) >= 11 is 7.06. The van der Waals surface area contributed by atoms with E-state index in [4.69, 9.17) is 25.8 Å². The molecule has 1 amide bonds. The van der Waals surface area contributed by atoms with Crippen molar-refractivity contribution in [2.45, 2.75) is 20.8 Å². The summed E-state index contributed by atoms with van der Waals surface area (Å²) in [7, 11) is 1.50. The molecule has 0 spiro atoms. The van der Waals surface area contributed by atoms with Gasteiger partial charge in [0, 0.05) is 17.8 Å². The van der Waals surface area contributed by atoms with Crippen molar-refractivity contribution in [3.63, 3.8) is 0 Å². The highest BCUT2D eigenvalue weighted by molar-refractivity contribution is 7.18. The van der Waals surface area contributed by atoms with E-state index in [2.05, 4.69) is 10.6 Å². The molecule has 0 unspecified atom stereocenters. The lowest BCUT2D eigenvalue weighted by Gasteiger charge is -2.11. The highest BCUT2D eigenvalue weighted by atomic mass is 35.5. The molecule has 1 heterocycles. The second-order valence-corrected chi connectivity index (χ2v) is 7.85. The Morgan fingerprint density at radius 1 is 1.06 bits per heavy atom. The van der Waals surface area contributed by atoms with Crippen molar-refractivity contribution < 1.29 is 28.6 Å². The van der Waals surface area contributed by atoms with Crippen molar-refractivity contribution in [1.29, 1.82) is 0 Å². The van der Waals surface area contributed by atoms with Gasteiger partial charge >= 0.3 is 11.9 Å². The van der Waals surface area contributed by atoms with Crippen LogP contribution in [0.25, 0.3) is 0 Å². The van der Waals surface area contributed by atoms with Crippen LogP contribution < -0.4 is 10.6 Å². The van der Waals surface area contributed by atoms with Gasteiger partial charge in [0.25, 0.3) is 0 Å². The Bertz CT molecular complexity index is 960. The van der Waals surface area contributed by atoms with Crippen molar-refractivity contribution in [3.8, 4) is 0 Å². The predicted octanol–water partition coefficient (Wildman–Crippen LogP) is 4.05. The lowest BCUT2D eigenvalue weighted by atomic mass is 10.1. The lowest BCUT2D eigenvalue weighted by molar-refractivity contribution is -0.114. The third-order valence-corrected chi connectivity index (χ3v) is 5.89. The van der Waals surface area contributed by atoms with Gasteiger partial charge in [-0.3, -0.25) is 4.79 Å². The molecule has 2 aromatic rings. The van der Waals surface area contributed by atoms with Crippen LogP contribution in [0, 0.1) is 13.8 Å². The first-order chi connectivity index (χ1) is 14.8. The van der Waals surface area contributed by atoms with Gasteiger partial charge in [-0.2, -0.15) is 0 Å². The van der Waals surface area contributed by atoms with Gasteiger partial charge in [-0.15, -0.1) is 11.3 Å². The summed E-state index contributed by atoms with van der Waals surface area (Å²) in [6.45, 7) is 5.54. The van der Waals surface area contributed by atoms with Crippen LogP contribution >= 0.6 is 22.9 Å². The number of ether oxygens (including phenoxy) is 3. The zero-order chi connectivity index (χ0) is 23.0. The molecule has 2 rings (SSSR count). The van der Waals surface area contributed by atoms with Gasteiger partial charge in [0.15, 0.2) is 0 Å². The number of thiophene rings is 1. The molecule has 1 aromatic carbocycles. The standard InChI is InChI=1S/C21H25ClN2O6S/c1-5-29-20(26)17-13(3)18(21(27)30-10-9-28-4)31-19(17)24-16(25)11-23-15-8-6-7-14(22)12(15)2/h6-8,23H,5,9-11H2,1-4H3,(H,24,25). The molecule has 168 valence electrons. The monoisotopic (exact) mass is 468 g/mol. The van der Waals surface area contributed by atoms with Crippen molar-refractivity contribution in [1.82, 2.24) is 0 Å². The second-order valence-electron chi connectivity index (χ2n) is 6.42. The van der Waals surface area contributed by atoms with Crippen molar-refractivity contribution in [2.24, 2.45) is 0 Å². The number of esters is 2. The molecular formula is C21H25ClN2O6S. The van der Waals surface area contributed by atoms with E-state index < -0.39 is 17.8 Å². The number of benzene rings is 1. The van der Waals surface area contributed by atoms with E-state index in [1.54, 1.807) is 26.0 Å². The number of hydrogen-bond donors (Lipinski definition) is 2. The average molecular weight is 469 g/mol. The summed E-state index contributed by atoms with van der Waals surface area (Å²) in [5.41, 5.74) is 2.06. The van der Waals surface area contributed by atoms with Gasteiger partial charge < -0.3 is 24.8 Å². The number of halogens is 1. The number of nitrogens with one attached hydrogen (secondary N) is 2. The number of amides is 1. The molecule has 1 aromatic heterocycles. The molecular weight excluding hydrogens is 444 g/mol. The van der Waals surface area contributed by atoms with Crippen LogP contribution in [0.15, 0.2) is 18.2 Å². The fraction of sp³-hybridized carbons (Fsp3) is 0.381. The molecule has 8 nitrogen and oxygen atoms in total. The number of rotatable bonds is 10. The molecule has 0 saturated carbocycles. The fourth-order valence-corrected chi connectivity index (χ4v) is 3.95. The average Bonchev–Trinajstić information content (AvgIpc) is 3.05. The zero-order valence-electron chi connectivity index (χ0n) is 17.8. The number of hydrogen-bond acceptors (Lipinski definition) is 8. The lowest BCUT2D eigenvalue weighted by Crippen LogP contribution is -2.22. The summed E-state index contributed by atoms with van der Waals surface area (Å²) in [4.78, 5) is 37.6. The van der Waals surface area contributed by atoms with Gasteiger partial charge in [-0.1, -0.05) is 17.7 Å². The third-order valence-electron chi connectivity index (χ3n) is 4.29. The van der Waals surface area contributed by atoms with Crippen LogP contribution in [0.4, 0.5) is 10.7 Å². The predicted molar refractivity (Wildman–Crippen MR) is 120 cm³/mol. The Morgan fingerprint density at radius 2 is 1.81 bits per heavy atom.